The molecular weight excluding hydrogens is 372 g/mol. The van der Waals surface area contributed by atoms with Gasteiger partial charge in [0.2, 0.25) is 5.91 Å². The molecule has 1 fully saturated rings. The summed E-state index contributed by atoms with van der Waals surface area (Å²) >= 11 is 1.23. The van der Waals surface area contributed by atoms with Crippen LogP contribution in [0.4, 0.5) is 0 Å². The van der Waals surface area contributed by atoms with Gasteiger partial charge in [0, 0.05) is 23.5 Å². The van der Waals surface area contributed by atoms with Gasteiger partial charge in [-0.15, -0.1) is 11.3 Å². The minimum atomic E-state index is -3.64. The third kappa shape index (κ3) is 3.77. The van der Waals surface area contributed by atoms with E-state index in [1.807, 2.05) is 31.2 Å². The van der Waals surface area contributed by atoms with E-state index in [0.717, 1.165) is 10.4 Å². The van der Waals surface area contributed by atoms with Crippen molar-refractivity contribution in [2.75, 3.05) is 13.7 Å². The molecule has 1 atom stereocenters. The largest absolute Gasteiger partial charge is 0.496 e. The Morgan fingerprint density at radius 1 is 1.31 bits per heavy atom. The summed E-state index contributed by atoms with van der Waals surface area (Å²) in [5.74, 6) is 0.419. The lowest BCUT2D eigenvalue weighted by molar-refractivity contribution is -0.124. The number of benzene rings is 1. The van der Waals surface area contributed by atoms with Crippen LogP contribution in [0, 0.1) is 6.92 Å². The number of carbonyl (C=O) groups is 1. The van der Waals surface area contributed by atoms with Crippen molar-refractivity contribution in [3.8, 4) is 5.75 Å². The summed E-state index contributed by atoms with van der Waals surface area (Å²) in [4.78, 5) is 13.6. The first-order chi connectivity index (χ1) is 12.4. The predicted molar refractivity (Wildman–Crippen MR) is 101 cm³/mol. The molecule has 6 nitrogen and oxygen atoms in total. The summed E-state index contributed by atoms with van der Waals surface area (Å²) in [6, 6.07) is 10.1. The molecule has 140 valence electrons. The number of ether oxygens (including phenoxy) is 1. The highest BCUT2D eigenvalue weighted by atomic mass is 32.2. The van der Waals surface area contributed by atoms with Gasteiger partial charge in [0.1, 0.15) is 16.0 Å². The summed E-state index contributed by atoms with van der Waals surface area (Å²) < 4.78 is 32.7. The van der Waals surface area contributed by atoms with Crippen LogP contribution >= 0.6 is 11.3 Å². The number of thiophene rings is 1. The number of carbonyl (C=O) groups excluding carboxylic acids is 1. The van der Waals surface area contributed by atoms with Gasteiger partial charge in [0.15, 0.2) is 0 Å². The van der Waals surface area contributed by atoms with Gasteiger partial charge in [-0.25, -0.2) is 8.42 Å². The van der Waals surface area contributed by atoms with E-state index in [0.29, 0.717) is 35.9 Å². The molecule has 0 saturated carbocycles. The zero-order chi connectivity index (χ0) is 18.7. The highest BCUT2D eigenvalue weighted by Crippen LogP contribution is 2.30. The van der Waals surface area contributed by atoms with E-state index in [9.17, 15) is 13.2 Å². The number of nitrogens with one attached hydrogen (secondary N) is 1. The van der Waals surface area contributed by atoms with Crippen molar-refractivity contribution in [2.45, 2.75) is 36.6 Å². The van der Waals surface area contributed by atoms with E-state index >= 15 is 0 Å². The van der Waals surface area contributed by atoms with Crippen molar-refractivity contribution in [2.24, 2.45) is 0 Å². The Balaban J connectivity index is 1.72. The first kappa shape index (κ1) is 18.9. The van der Waals surface area contributed by atoms with Gasteiger partial charge in [-0.3, -0.25) is 4.79 Å². The molecule has 1 aliphatic rings. The van der Waals surface area contributed by atoms with Crippen LogP contribution < -0.4 is 10.1 Å². The first-order valence-corrected chi connectivity index (χ1v) is 10.7. The van der Waals surface area contributed by atoms with Gasteiger partial charge in [0.25, 0.3) is 10.0 Å². The van der Waals surface area contributed by atoms with Crippen molar-refractivity contribution in [3.05, 3.63) is 46.8 Å². The summed E-state index contributed by atoms with van der Waals surface area (Å²) in [5, 5.41) is 2.85. The quantitative estimate of drug-likeness (QED) is 0.817. The Morgan fingerprint density at radius 3 is 2.77 bits per heavy atom. The van der Waals surface area contributed by atoms with Crippen molar-refractivity contribution in [1.82, 2.24) is 9.62 Å². The molecule has 0 radical (unpaired) electrons. The smallest absolute Gasteiger partial charge is 0.253 e. The Labute approximate surface area is 157 Å². The molecule has 0 bridgehead atoms. The van der Waals surface area contributed by atoms with Crippen LogP contribution in [0.15, 0.2) is 40.6 Å². The molecule has 1 saturated heterocycles. The van der Waals surface area contributed by atoms with Crippen molar-refractivity contribution >= 4 is 27.3 Å². The second-order valence-corrected chi connectivity index (χ2v) is 9.57. The Bertz CT molecular complexity index is 892. The number of methoxy groups -OCH3 is 1. The maximum absolute atomic E-state index is 12.9. The molecule has 2 heterocycles. The Morgan fingerprint density at radius 2 is 2.08 bits per heavy atom. The van der Waals surface area contributed by atoms with E-state index in [2.05, 4.69) is 5.32 Å². The number of para-hydroxylation sites is 1. The summed E-state index contributed by atoms with van der Waals surface area (Å²) in [5.41, 5.74) is 0.852. The zero-order valence-electron chi connectivity index (χ0n) is 14.8. The van der Waals surface area contributed by atoms with Crippen molar-refractivity contribution in [3.63, 3.8) is 0 Å². The second kappa shape index (κ2) is 7.77. The molecule has 26 heavy (non-hydrogen) atoms. The zero-order valence-corrected chi connectivity index (χ0v) is 16.4. The summed E-state index contributed by atoms with van der Waals surface area (Å²) in [7, 11) is -2.06. The number of hydrogen-bond acceptors (Lipinski definition) is 5. The normalized spacial score (nSPS) is 18.0. The maximum atomic E-state index is 12.9. The van der Waals surface area contributed by atoms with Gasteiger partial charge in [-0.1, -0.05) is 18.2 Å². The highest BCUT2D eigenvalue weighted by molar-refractivity contribution is 7.91. The molecule has 3 rings (SSSR count). The van der Waals surface area contributed by atoms with Crippen LogP contribution in [0.3, 0.4) is 0 Å². The molecule has 8 heteroatoms. The van der Waals surface area contributed by atoms with Crippen molar-refractivity contribution < 1.29 is 17.9 Å². The SMILES string of the molecule is COc1ccccc1CNC(=O)C1CCCN1S(=O)(=O)c1ccc(C)s1. The minimum Gasteiger partial charge on any atom is -0.496 e. The highest BCUT2D eigenvalue weighted by Gasteiger charge is 2.39. The number of hydrogen-bond donors (Lipinski definition) is 1. The summed E-state index contributed by atoms with van der Waals surface area (Å²) in [6.45, 7) is 2.53. The standard InChI is InChI=1S/C18H22N2O4S2/c1-13-9-10-17(25-13)26(22,23)20-11-5-7-15(20)18(21)19-12-14-6-3-4-8-16(14)24-2/h3-4,6,8-10,15H,5,7,11-12H2,1-2H3,(H,19,21). The van der Waals surface area contributed by atoms with E-state index in [4.69, 9.17) is 4.74 Å². The van der Waals surface area contributed by atoms with Crippen LogP contribution in [0.2, 0.25) is 0 Å². The first-order valence-electron chi connectivity index (χ1n) is 8.41. The van der Waals surface area contributed by atoms with Crippen LogP contribution in [0.1, 0.15) is 23.3 Å². The average Bonchev–Trinajstić information content (AvgIpc) is 3.29. The van der Waals surface area contributed by atoms with Crippen LogP contribution in [-0.2, 0) is 21.4 Å². The number of sulfonamides is 1. The lowest BCUT2D eigenvalue weighted by atomic mass is 10.2. The third-order valence-electron chi connectivity index (χ3n) is 4.43. The number of aryl methyl sites for hydroxylation is 1. The van der Waals surface area contributed by atoms with E-state index < -0.39 is 16.1 Å². The molecule has 1 aromatic carbocycles. The lowest BCUT2D eigenvalue weighted by Crippen LogP contribution is -2.45. The molecule has 1 N–H and O–H groups in total. The fourth-order valence-electron chi connectivity index (χ4n) is 3.11. The molecular formula is C18H22N2O4S2. The summed E-state index contributed by atoms with van der Waals surface area (Å²) in [6.07, 6.45) is 1.21. The van der Waals surface area contributed by atoms with E-state index in [-0.39, 0.29) is 5.91 Å². The Kier molecular flexibility index (Phi) is 5.64. The number of nitrogens with zero attached hydrogens (tertiary/aromatic N) is 1. The van der Waals surface area contributed by atoms with Gasteiger partial charge in [0.05, 0.1) is 7.11 Å². The van der Waals surface area contributed by atoms with Crippen LogP contribution in [0.5, 0.6) is 5.75 Å². The Hall–Kier alpha value is -1.90. The van der Waals surface area contributed by atoms with Crippen LogP contribution in [0.25, 0.3) is 0 Å². The molecule has 1 amide bonds. The van der Waals surface area contributed by atoms with Crippen molar-refractivity contribution in [1.29, 1.82) is 0 Å². The topological polar surface area (TPSA) is 75.7 Å². The van der Waals surface area contributed by atoms with E-state index in [1.165, 1.54) is 15.6 Å². The molecule has 1 aliphatic heterocycles. The fourth-order valence-corrected chi connectivity index (χ4v) is 6.17. The fraction of sp³-hybridized carbons (Fsp3) is 0.389. The number of amides is 1. The average molecular weight is 395 g/mol. The molecule has 1 unspecified atom stereocenters. The third-order valence-corrected chi connectivity index (χ3v) is 7.81. The molecule has 2 aromatic rings. The maximum Gasteiger partial charge on any atom is 0.253 e. The minimum absolute atomic E-state index is 0.273. The van der Waals surface area contributed by atoms with Gasteiger partial charge >= 0.3 is 0 Å². The molecule has 1 aromatic heterocycles. The molecule has 0 aliphatic carbocycles. The van der Waals surface area contributed by atoms with E-state index in [1.54, 1.807) is 19.2 Å². The lowest BCUT2D eigenvalue weighted by Gasteiger charge is -2.22. The number of rotatable bonds is 6. The monoisotopic (exact) mass is 394 g/mol. The van der Waals surface area contributed by atoms with Gasteiger partial charge in [-0.2, -0.15) is 4.31 Å². The second-order valence-electron chi connectivity index (χ2n) is 6.17. The molecule has 0 spiro atoms. The van der Waals surface area contributed by atoms with Gasteiger partial charge in [-0.05, 0) is 38.0 Å². The van der Waals surface area contributed by atoms with Gasteiger partial charge < -0.3 is 10.1 Å². The van der Waals surface area contributed by atoms with Crippen LogP contribution in [-0.4, -0.2) is 38.3 Å². The predicted octanol–water partition coefficient (Wildman–Crippen LogP) is 2.53.